The van der Waals surface area contributed by atoms with Crippen molar-refractivity contribution in [3.05, 3.63) is 58.7 Å². The Kier molecular flexibility index (Phi) is 11.2. The first kappa shape index (κ1) is 27.6. The van der Waals surface area contributed by atoms with Gasteiger partial charge in [0.05, 0.1) is 52.9 Å². The van der Waals surface area contributed by atoms with Gasteiger partial charge in [-0.05, 0) is 47.1 Å². The standard InChI is InChI=1S/C29H37N3O4/c1-29(2)20-25(19-26(21-29)27(22-30)23-31)4-3-24-5-7-28(8-6-24)32-9-11-33-13-15-35-17-18-36-16-14-34-12-10-32/h3-8,19H,9-18,20-21H2,1-2H3/b4-3+. The van der Waals surface area contributed by atoms with Gasteiger partial charge in [-0.1, -0.05) is 44.2 Å². The van der Waals surface area contributed by atoms with Crippen LogP contribution in [0.15, 0.2) is 53.1 Å². The molecular weight excluding hydrogens is 454 g/mol. The highest BCUT2D eigenvalue weighted by Crippen LogP contribution is 2.39. The molecule has 192 valence electrons. The molecule has 0 N–H and O–H groups in total. The number of ether oxygens (including phenoxy) is 4. The predicted molar refractivity (Wildman–Crippen MR) is 140 cm³/mol. The number of benzene rings is 1. The van der Waals surface area contributed by atoms with E-state index >= 15 is 0 Å². The molecule has 1 aromatic carbocycles. The Morgan fingerprint density at radius 1 is 0.778 bits per heavy atom. The molecular formula is C29H37N3O4. The van der Waals surface area contributed by atoms with Gasteiger partial charge in [-0.25, -0.2) is 0 Å². The van der Waals surface area contributed by atoms with Gasteiger partial charge in [0.2, 0.25) is 0 Å². The average molecular weight is 492 g/mol. The maximum absolute atomic E-state index is 9.29. The largest absolute Gasteiger partial charge is 0.377 e. The van der Waals surface area contributed by atoms with Gasteiger partial charge in [0.25, 0.3) is 0 Å². The summed E-state index contributed by atoms with van der Waals surface area (Å²) < 4.78 is 22.5. The zero-order valence-corrected chi connectivity index (χ0v) is 21.5. The first-order valence-electron chi connectivity index (χ1n) is 12.6. The van der Waals surface area contributed by atoms with Crippen molar-refractivity contribution in [3.8, 4) is 12.1 Å². The van der Waals surface area contributed by atoms with Gasteiger partial charge in [0.15, 0.2) is 0 Å². The van der Waals surface area contributed by atoms with Gasteiger partial charge in [0.1, 0.15) is 17.7 Å². The van der Waals surface area contributed by atoms with E-state index in [0.29, 0.717) is 52.9 Å². The van der Waals surface area contributed by atoms with Gasteiger partial charge < -0.3 is 23.8 Å². The fourth-order valence-corrected chi connectivity index (χ4v) is 4.37. The first-order valence-corrected chi connectivity index (χ1v) is 12.6. The molecule has 1 fully saturated rings. The summed E-state index contributed by atoms with van der Waals surface area (Å²) in [6.45, 7) is 10.6. The van der Waals surface area contributed by atoms with Crippen molar-refractivity contribution in [2.45, 2.75) is 26.7 Å². The van der Waals surface area contributed by atoms with Crippen molar-refractivity contribution in [2.75, 3.05) is 70.8 Å². The molecule has 7 heteroatoms. The minimum Gasteiger partial charge on any atom is -0.377 e. The van der Waals surface area contributed by atoms with Gasteiger partial charge in [0, 0.05) is 18.8 Å². The number of allylic oxidation sites excluding steroid dienone is 5. The molecule has 3 rings (SSSR count). The van der Waals surface area contributed by atoms with Crippen molar-refractivity contribution >= 4 is 11.8 Å². The lowest BCUT2D eigenvalue weighted by Gasteiger charge is -2.30. The van der Waals surface area contributed by atoms with Crippen LogP contribution in [-0.2, 0) is 18.9 Å². The quantitative estimate of drug-likeness (QED) is 0.568. The van der Waals surface area contributed by atoms with Crippen LogP contribution in [-0.4, -0.2) is 65.9 Å². The summed E-state index contributed by atoms with van der Waals surface area (Å²) in [5.74, 6) is 0. The summed E-state index contributed by atoms with van der Waals surface area (Å²) >= 11 is 0. The topological polar surface area (TPSA) is 87.7 Å². The molecule has 1 aliphatic carbocycles. The molecule has 0 amide bonds. The van der Waals surface area contributed by atoms with Crippen molar-refractivity contribution in [3.63, 3.8) is 0 Å². The summed E-state index contributed by atoms with van der Waals surface area (Å²) in [6, 6.07) is 12.5. The summed E-state index contributed by atoms with van der Waals surface area (Å²) in [7, 11) is 0. The van der Waals surface area contributed by atoms with E-state index in [1.807, 2.05) is 18.2 Å². The number of rotatable bonds is 3. The molecule has 36 heavy (non-hydrogen) atoms. The van der Waals surface area contributed by atoms with Gasteiger partial charge in [-0.15, -0.1) is 0 Å². The van der Waals surface area contributed by atoms with Crippen LogP contribution in [0.2, 0.25) is 0 Å². The normalized spacial score (nSPS) is 20.5. The predicted octanol–water partition coefficient (Wildman–Crippen LogP) is 4.68. The van der Waals surface area contributed by atoms with E-state index in [9.17, 15) is 10.5 Å². The van der Waals surface area contributed by atoms with Crippen LogP contribution in [0.3, 0.4) is 0 Å². The minimum absolute atomic E-state index is 0.00715. The van der Waals surface area contributed by atoms with E-state index < -0.39 is 0 Å². The van der Waals surface area contributed by atoms with E-state index in [4.69, 9.17) is 18.9 Å². The van der Waals surface area contributed by atoms with E-state index in [1.165, 1.54) is 0 Å². The third-order valence-corrected chi connectivity index (χ3v) is 6.13. The lowest BCUT2D eigenvalue weighted by Crippen LogP contribution is -2.31. The third kappa shape index (κ3) is 9.26. The lowest BCUT2D eigenvalue weighted by molar-refractivity contribution is 0.00206. The Morgan fingerprint density at radius 3 is 1.83 bits per heavy atom. The van der Waals surface area contributed by atoms with Crippen LogP contribution in [0.4, 0.5) is 5.69 Å². The van der Waals surface area contributed by atoms with Crippen molar-refractivity contribution in [2.24, 2.45) is 5.41 Å². The number of hydrogen-bond acceptors (Lipinski definition) is 7. The zero-order chi connectivity index (χ0) is 25.6. The second-order valence-corrected chi connectivity index (χ2v) is 9.72. The van der Waals surface area contributed by atoms with Gasteiger partial charge >= 0.3 is 0 Å². The first-order chi connectivity index (χ1) is 17.5. The van der Waals surface area contributed by atoms with Crippen LogP contribution >= 0.6 is 0 Å². The van der Waals surface area contributed by atoms with E-state index in [0.717, 1.165) is 48.3 Å². The van der Waals surface area contributed by atoms with Crippen molar-refractivity contribution in [1.82, 2.24) is 0 Å². The smallest absolute Gasteiger partial charge is 0.132 e. The molecule has 0 bridgehead atoms. The number of nitriles is 2. The molecule has 0 atom stereocenters. The molecule has 1 saturated heterocycles. The third-order valence-electron chi connectivity index (χ3n) is 6.13. The van der Waals surface area contributed by atoms with Crippen LogP contribution in [0, 0.1) is 28.1 Å². The molecule has 0 unspecified atom stereocenters. The van der Waals surface area contributed by atoms with Crippen LogP contribution in [0.1, 0.15) is 32.3 Å². The van der Waals surface area contributed by atoms with E-state index in [1.54, 1.807) is 0 Å². The second kappa shape index (κ2) is 14.6. The molecule has 0 saturated carbocycles. The van der Waals surface area contributed by atoms with Gasteiger partial charge in [-0.3, -0.25) is 0 Å². The Morgan fingerprint density at radius 2 is 1.31 bits per heavy atom. The average Bonchev–Trinajstić information content (AvgIpc) is 2.87. The fraction of sp³-hybridized carbons (Fsp3) is 0.517. The van der Waals surface area contributed by atoms with Gasteiger partial charge in [-0.2, -0.15) is 10.5 Å². The summed E-state index contributed by atoms with van der Waals surface area (Å²) in [6.07, 6.45) is 7.82. The number of nitrogens with zero attached hydrogens (tertiary/aromatic N) is 3. The highest BCUT2D eigenvalue weighted by molar-refractivity contribution is 5.59. The molecule has 0 aromatic heterocycles. The number of hydrogen-bond donors (Lipinski definition) is 0. The monoisotopic (exact) mass is 491 g/mol. The van der Waals surface area contributed by atoms with Crippen molar-refractivity contribution in [1.29, 1.82) is 10.5 Å². The fourth-order valence-electron chi connectivity index (χ4n) is 4.37. The molecule has 2 aliphatic rings. The van der Waals surface area contributed by atoms with E-state index in [-0.39, 0.29) is 11.0 Å². The maximum atomic E-state index is 9.29. The highest BCUT2D eigenvalue weighted by Gasteiger charge is 2.26. The van der Waals surface area contributed by atoms with Crippen LogP contribution in [0.5, 0.6) is 0 Å². The molecule has 7 nitrogen and oxygen atoms in total. The highest BCUT2D eigenvalue weighted by atomic mass is 16.6. The Labute approximate surface area is 215 Å². The molecule has 0 spiro atoms. The Balaban J connectivity index is 1.66. The SMILES string of the molecule is CC1(C)CC(/C=C/c2ccc(N3CCOCCOCCOCCOCC3)cc2)=CC(=C(C#N)C#N)C1. The number of anilines is 1. The van der Waals surface area contributed by atoms with Crippen LogP contribution in [0.25, 0.3) is 6.08 Å². The molecule has 0 radical (unpaired) electrons. The van der Waals surface area contributed by atoms with Crippen LogP contribution < -0.4 is 4.90 Å². The summed E-state index contributed by atoms with van der Waals surface area (Å²) in [5.41, 5.74) is 4.38. The Hall–Kier alpha value is -2.94. The molecule has 1 heterocycles. The lowest BCUT2D eigenvalue weighted by atomic mass is 9.74. The van der Waals surface area contributed by atoms with E-state index in [2.05, 4.69) is 55.2 Å². The summed E-state index contributed by atoms with van der Waals surface area (Å²) in [5, 5.41) is 18.6. The zero-order valence-electron chi connectivity index (χ0n) is 21.5. The Bertz CT molecular complexity index is 980. The maximum Gasteiger partial charge on any atom is 0.132 e. The summed E-state index contributed by atoms with van der Waals surface area (Å²) in [4.78, 5) is 2.27. The van der Waals surface area contributed by atoms with Crippen molar-refractivity contribution < 1.29 is 18.9 Å². The second-order valence-electron chi connectivity index (χ2n) is 9.72. The molecule has 1 aliphatic heterocycles. The minimum atomic E-state index is 0.00715. The molecule has 1 aromatic rings.